The van der Waals surface area contributed by atoms with E-state index in [1.807, 2.05) is 79.7 Å². The number of ether oxygens (including phenoxy) is 1. The van der Waals surface area contributed by atoms with E-state index < -0.39 is 16.8 Å². The van der Waals surface area contributed by atoms with Crippen molar-refractivity contribution >= 4 is 17.3 Å². The van der Waals surface area contributed by atoms with Gasteiger partial charge in [0.2, 0.25) is 0 Å². The summed E-state index contributed by atoms with van der Waals surface area (Å²) in [6.45, 7) is 15.2. The highest BCUT2D eigenvalue weighted by atomic mass is 32.2. The van der Waals surface area contributed by atoms with Crippen molar-refractivity contribution in [2.75, 3.05) is 0 Å². The third kappa shape index (κ3) is 5.50. The summed E-state index contributed by atoms with van der Waals surface area (Å²) in [5.74, 6) is -0.242. The molecule has 0 aliphatic carbocycles. The zero-order chi connectivity index (χ0) is 18.7. The van der Waals surface area contributed by atoms with Gasteiger partial charge in [-0.1, -0.05) is 24.3 Å². The van der Waals surface area contributed by atoms with E-state index >= 15 is 0 Å². The fraction of sp³-hybridized carbons (Fsp3) is 0.632. The van der Waals surface area contributed by atoms with Gasteiger partial charge in [0.25, 0.3) is 0 Å². The predicted molar refractivity (Wildman–Crippen MR) is 100 cm³/mol. The molecule has 2 unspecified atom stereocenters. The van der Waals surface area contributed by atoms with Crippen LogP contribution in [0.2, 0.25) is 0 Å². The first-order chi connectivity index (χ1) is 10.9. The molecule has 0 aliphatic heterocycles. The van der Waals surface area contributed by atoms with Crippen LogP contribution in [0, 0.1) is 0 Å². The van der Waals surface area contributed by atoms with Crippen LogP contribution in [-0.4, -0.2) is 21.4 Å². The van der Waals surface area contributed by atoms with E-state index in [4.69, 9.17) is 4.74 Å². The third-order valence-electron chi connectivity index (χ3n) is 3.80. The maximum atomic E-state index is 12.4. The van der Waals surface area contributed by atoms with Crippen molar-refractivity contribution in [2.45, 2.75) is 77.7 Å². The molecule has 4 nitrogen and oxygen atoms in total. The van der Waals surface area contributed by atoms with Gasteiger partial charge in [0, 0.05) is 11.4 Å². The highest BCUT2D eigenvalue weighted by Gasteiger charge is 2.33. The standard InChI is InChI=1S/C19H31NO3S/c1-13(2)23-17(21)19(7,8)16-11-9-10-15(12-16)14(3)20-24(22)18(4,5)6/h9-14,20H,1-8H3. The Bertz CT molecular complexity index is 564. The SMILES string of the molecule is CC(C)OC(=O)C(C)(C)c1cccc(C(C)N[S+]([O-])C(C)(C)C)c1. The summed E-state index contributed by atoms with van der Waals surface area (Å²) in [5.41, 5.74) is 1.15. The van der Waals surface area contributed by atoms with E-state index in [1.54, 1.807) is 0 Å². The van der Waals surface area contributed by atoms with Crippen LogP contribution in [0.15, 0.2) is 24.3 Å². The molecule has 0 bridgehead atoms. The molecule has 0 radical (unpaired) electrons. The second kappa shape index (κ2) is 7.89. The molecular formula is C19H31NO3S. The van der Waals surface area contributed by atoms with Crippen molar-refractivity contribution in [1.82, 2.24) is 4.72 Å². The van der Waals surface area contributed by atoms with Crippen molar-refractivity contribution < 1.29 is 14.1 Å². The minimum Gasteiger partial charge on any atom is -0.598 e. The van der Waals surface area contributed by atoms with Gasteiger partial charge in [-0.15, -0.1) is 4.72 Å². The average Bonchev–Trinajstić information content (AvgIpc) is 2.45. The zero-order valence-corrected chi connectivity index (χ0v) is 16.9. The Hall–Kier alpha value is -1.04. The Morgan fingerprint density at radius 1 is 1.17 bits per heavy atom. The maximum Gasteiger partial charge on any atom is 0.316 e. The molecule has 0 aromatic heterocycles. The Balaban J connectivity index is 2.99. The summed E-state index contributed by atoms with van der Waals surface area (Å²) in [5, 5.41) is 0. The van der Waals surface area contributed by atoms with Gasteiger partial charge >= 0.3 is 5.97 Å². The lowest BCUT2D eigenvalue weighted by molar-refractivity contribution is -0.153. The van der Waals surface area contributed by atoms with Gasteiger partial charge in [-0.25, -0.2) is 0 Å². The number of hydrogen-bond acceptors (Lipinski definition) is 4. The molecule has 1 N–H and O–H groups in total. The lowest BCUT2D eigenvalue weighted by atomic mass is 9.83. The first-order valence-corrected chi connectivity index (χ1v) is 9.50. The molecule has 136 valence electrons. The summed E-state index contributed by atoms with van der Waals surface area (Å²) in [6, 6.07) is 7.73. The average molecular weight is 354 g/mol. The number of hydrogen-bond donors (Lipinski definition) is 1. The summed E-state index contributed by atoms with van der Waals surface area (Å²) < 4.78 is 20.5. The van der Waals surface area contributed by atoms with Crippen molar-refractivity contribution in [3.8, 4) is 0 Å². The van der Waals surface area contributed by atoms with E-state index in [1.165, 1.54) is 0 Å². The quantitative estimate of drug-likeness (QED) is 0.619. The van der Waals surface area contributed by atoms with Gasteiger partial charge in [-0.3, -0.25) is 4.79 Å². The van der Waals surface area contributed by atoms with Gasteiger partial charge in [0.15, 0.2) is 0 Å². The summed E-state index contributed by atoms with van der Waals surface area (Å²) in [7, 11) is 0. The lowest BCUT2D eigenvalue weighted by Gasteiger charge is -2.28. The second-order valence-electron chi connectivity index (χ2n) is 7.93. The van der Waals surface area contributed by atoms with Gasteiger partial charge in [-0.2, -0.15) is 0 Å². The fourth-order valence-electron chi connectivity index (χ4n) is 2.08. The zero-order valence-electron chi connectivity index (χ0n) is 16.1. The topological polar surface area (TPSA) is 61.4 Å². The summed E-state index contributed by atoms with van der Waals surface area (Å²) in [6.07, 6.45) is -0.144. The molecule has 1 rings (SSSR count). The summed E-state index contributed by atoms with van der Waals surface area (Å²) >= 11 is -1.15. The van der Waals surface area contributed by atoms with Crippen LogP contribution in [0.3, 0.4) is 0 Å². The second-order valence-corrected chi connectivity index (χ2v) is 9.92. The fourth-order valence-corrected chi connectivity index (χ4v) is 2.89. The van der Waals surface area contributed by atoms with Crippen LogP contribution >= 0.6 is 0 Å². The molecule has 0 amide bonds. The molecule has 0 saturated heterocycles. The van der Waals surface area contributed by atoms with Crippen LogP contribution in [0.4, 0.5) is 0 Å². The van der Waals surface area contributed by atoms with E-state index in [0.29, 0.717) is 0 Å². The first kappa shape index (κ1) is 21.0. The molecule has 24 heavy (non-hydrogen) atoms. The molecule has 1 aromatic carbocycles. The first-order valence-electron chi connectivity index (χ1n) is 8.35. The largest absolute Gasteiger partial charge is 0.598 e. The number of carbonyl (C=O) groups excluding carboxylic acids is 1. The lowest BCUT2D eigenvalue weighted by Crippen LogP contribution is -2.40. The van der Waals surface area contributed by atoms with E-state index in [0.717, 1.165) is 11.1 Å². The van der Waals surface area contributed by atoms with Gasteiger partial charge in [-0.05, 0) is 66.5 Å². The van der Waals surface area contributed by atoms with Gasteiger partial charge < -0.3 is 9.29 Å². The molecule has 1 aromatic rings. The monoisotopic (exact) mass is 353 g/mol. The molecule has 0 saturated carbocycles. The highest BCUT2D eigenvalue weighted by Crippen LogP contribution is 2.28. The van der Waals surface area contributed by atoms with E-state index in [-0.39, 0.29) is 22.9 Å². The Labute approximate surface area is 149 Å². The van der Waals surface area contributed by atoms with Gasteiger partial charge in [0.1, 0.15) is 4.75 Å². The molecule has 0 fully saturated rings. The van der Waals surface area contributed by atoms with Crippen LogP contribution in [0.5, 0.6) is 0 Å². The van der Waals surface area contributed by atoms with Gasteiger partial charge in [0.05, 0.1) is 17.6 Å². The Morgan fingerprint density at radius 3 is 2.25 bits per heavy atom. The predicted octanol–water partition coefficient (Wildman–Crippen LogP) is 4.03. The Kier molecular flexibility index (Phi) is 6.91. The minimum atomic E-state index is -1.15. The molecule has 0 heterocycles. The molecule has 0 spiro atoms. The van der Waals surface area contributed by atoms with Crippen LogP contribution in [-0.2, 0) is 26.3 Å². The summed E-state index contributed by atoms with van der Waals surface area (Å²) in [4.78, 5) is 12.4. The van der Waals surface area contributed by atoms with Crippen molar-refractivity contribution in [3.05, 3.63) is 35.4 Å². The third-order valence-corrected chi connectivity index (χ3v) is 5.48. The molecule has 5 heteroatoms. The van der Waals surface area contributed by atoms with Crippen molar-refractivity contribution in [2.24, 2.45) is 0 Å². The van der Waals surface area contributed by atoms with Crippen LogP contribution in [0.1, 0.15) is 72.6 Å². The van der Waals surface area contributed by atoms with Crippen molar-refractivity contribution in [3.63, 3.8) is 0 Å². The maximum absolute atomic E-state index is 12.4. The molecule has 2 atom stereocenters. The van der Waals surface area contributed by atoms with E-state index in [2.05, 4.69) is 4.72 Å². The van der Waals surface area contributed by atoms with E-state index in [9.17, 15) is 9.35 Å². The van der Waals surface area contributed by atoms with Crippen LogP contribution < -0.4 is 4.72 Å². The number of esters is 1. The number of nitrogens with one attached hydrogen (secondary N) is 1. The minimum absolute atomic E-state index is 0.0815. The molecular weight excluding hydrogens is 322 g/mol. The van der Waals surface area contributed by atoms with Crippen molar-refractivity contribution in [1.29, 1.82) is 0 Å². The number of rotatable bonds is 6. The number of carbonyl (C=O) groups is 1. The number of benzene rings is 1. The highest BCUT2D eigenvalue weighted by molar-refractivity contribution is 7.90. The Morgan fingerprint density at radius 2 is 1.75 bits per heavy atom. The van der Waals surface area contributed by atoms with Crippen LogP contribution in [0.25, 0.3) is 0 Å². The smallest absolute Gasteiger partial charge is 0.316 e. The molecule has 0 aliphatic rings. The normalized spacial score (nSPS) is 15.2.